The van der Waals surface area contributed by atoms with E-state index >= 15 is 0 Å². The van der Waals surface area contributed by atoms with Gasteiger partial charge in [-0.15, -0.1) is 0 Å². The zero-order chi connectivity index (χ0) is 16.5. The minimum atomic E-state index is -0.326. The molecular formula is C18H17N3O3. The summed E-state index contributed by atoms with van der Waals surface area (Å²) < 4.78 is 7.04. The number of carbonyl (C=O) groups excluding carboxylic acids is 1. The number of nitrogens with zero attached hydrogens (tertiary/aromatic N) is 3. The summed E-state index contributed by atoms with van der Waals surface area (Å²) in [5.41, 5.74) is 2.03. The van der Waals surface area contributed by atoms with Crippen LogP contribution in [0.4, 0.5) is 0 Å². The number of hydrogen-bond donors (Lipinski definition) is 0. The molecule has 122 valence electrons. The lowest BCUT2D eigenvalue weighted by Crippen LogP contribution is -2.40. The third-order valence-corrected chi connectivity index (χ3v) is 4.54. The molecule has 1 aliphatic rings. The van der Waals surface area contributed by atoms with E-state index in [1.165, 1.54) is 0 Å². The largest absolute Gasteiger partial charge is 0.420 e. The highest BCUT2D eigenvalue weighted by molar-refractivity contribution is 5.93. The summed E-state index contributed by atoms with van der Waals surface area (Å²) in [6, 6.07) is 11.0. The molecule has 1 aromatic carbocycles. The van der Waals surface area contributed by atoms with Gasteiger partial charge in [0, 0.05) is 31.5 Å². The van der Waals surface area contributed by atoms with E-state index in [1.54, 1.807) is 35.2 Å². The fraction of sp³-hybridized carbons (Fsp3) is 0.278. The Morgan fingerprint density at radius 2 is 1.92 bits per heavy atom. The molecule has 0 aliphatic carbocycles. The van der Waals surface area contributed by atoms with E-state index in [4.69, 9.17) is 4.42 Å². The van der Waals surface area contributed by atoms with Gasteiger partial charge in [0.2, 0.25) is 0 Å². The van der Waals surface area contributed by atoms with Crippen LogP contribution in [0.25, 0.3) is 11.1 Å². The zero-order valence-corrected chi connectivity index (χ0v) is 13.1. The van der Waals surface area contributed by atoms with Gasteiger partial charge in [0.15, 0.2) is 5.58 Å². The Hall–Kier alpha value is -2.89. The predicted octanol–water partition coefficient (Wildman–Crippen LogP) is 2.47. The number of likely N-dealkylation sites (tertiary alicyclic amines) is 1. The number of piperidine rings is 1. The fourth-order valence-electron chi connectivity index (χ4n) is 3.33. The number of carbonyl (C=O) groups is 1. The lowest BCUT2D eigenvalue weighted by Gasteiger charge is -2.32. The van der Waals surface area contributed by atoms with Gasteiger partial charge in [-0.05, 0) is 37.1 Å². The Bertz CT molecular complexity index is 921. The second kappa shape index (κ2) is 5.96. The molecule has 4 rings (SSSR count). The molecule has 0 N–H and O–H groups in total. The number of oxazole rings is 1. The average Bonchev–Trinajstić information content (AvgIpc) is 2.98. The summed E-state index contributed by atoms with van der Waals surface area (Å²) in [4.78, 5) is 30.5. The van der Waals surface area contributed by atoms with Crippen molar-refractivity contribution in [3.63, 3.8) is 0 Å². The molecule has 24 heavy (non-hydrogen) atoms. The summed E-state index contributed by atoms with van der Waals surface area (Å²) in [6.45, 7) is 1.23. The van der Waals surface area contributed by atoms with Crippen LogP contribution in [-0.4, -0.2) is 33.4 Å². The number of pyridine rings is 1. The minimum absolute atomic E-state index is 0.00838. The molecule has 6 nitrogen and oxygen atoms in total. The average molecular weight is 323 g/mol. The van der Waals surface area contributed by atoms with Gasteiger partial charge in [-0.2, -0.15) is 0 Å². The second-order valence-electron chi connectivity index (χ2n) is 5.97. The SMILES string of the molecule is O=C(c1cccnc1)N1CCC(n2c(=O)oc3ccccc32)CC1. The summed E-state index contributed by atoms with van der Waals surface area (Å²) >= 11 is 0. The number of hydrogen-bond acceptors (Lipinski definition) is 4. The van der Waals surface area contributed by atoms with Gasteiger partial charge in [-0.1, -0.05) is 12.1 Å². The molecule has 0 unspecified atom stereocenters. The molecule has 0 radical (unpaired) electrons. The highest BCUT2D eigenvalue weighted by atomic mass is 16.4. The van der Waals surface area contributed by atoms with Gasteiger partial charge in [0.05, 0.1) is 11.1 Å². The Balaban J connectivity index is 1.53. The molecule has 1 amide bonds. The molecule has 3 aromatic rings. The van der Waals surface area contributed by atoms with Gasteiger partial charge in [0.1, 0.15) is 0 Å². The van der Waals surface area contributed by atoms with Crippen molar-refractivity contribution < 1.29 is 9.21 Å². The third kappa shape index (κ3) is 2.50. The van der Waals surface area contributed by atoms with E-state index in [-0.39, 0.29) is 17.7 Å². The molecule has 1 saturated heterocycles. The summed E-state index contributed by atoms with van der Waals surface area (Å²) in [7, 11) is 0. The molecular weight excluding hydrogens is 306 g/mol. The van der Waals surface area contributed by atoms with E-state index in [9.17, 15) is 9.59 Å². The number of rotatable bonds is 2. The highest BCUT2D eigenvalue weighted by Gasteiger charge is 2.27. The van der Waals surface area contributed by atoms with Gasteiger partial charge < -0.3 is 9.32 Å². The van der Waals surface area contributed by atoms with Gasteiger partial charge in [-0.3, -0.25) is 14.3 Å². The van der Waals surface area contributed by atoms with Crippen LogP contribution in [0.3, 0.4) is 0 Å². The van der Waals surface area contributed by atoms with Crippen LogP contribution >= 0.6 is 0 Å². The van der Waals surface area contributed by atoms with Crippen LogP contribution in [0.15, 0.2) is 58.0 Å². The predicted molar refractivity (Wildman–Crippen MR) is 88.9 cm³/mol. The maximum atomic E-state index is 12.5. The quantitative estimate of drug-likeness (QED) is 0.726. The fourth-order valence-corrected chi connectivity index (χ4v) is 3.33. The molecule has 0 spiro atoms. The number of benzene rings is 1. The Morgan fingerprint density at radius 1 is 1.12 bits per heavy atom. The van der Waals surface area contributed by atoms with E-state index in [2.05, 4.69) is 4.98 Å². The van der Waals surface area contributed by atoms with Crippen molar-refractivity contribution in [2.45, 2.75) is 18.9 Å². The smallest absolute Gasteiger partial charge is 0.408 e. The molecule has 6 heteroatoms. The van der Waals surface area contributed by atoms with E-state index in [1.807, 2.05) is 23.1 Å². The highest BCUT2D eigenvalue weighted by Crippen LogP contribution is 2.26. The Kier molecular flexibility index (Phi) is 3.65. The van der Waals surface area contributed by atoms with Crippen molar-refractivity contribution in [1.82, 2.24) is 14.5 Å². The van der Waals surface area contributed by atoms with Gasteiger partial charge in [0.25, 0.3) is 5.91 Å². The first-order chi connectivity index (χ1) is 11.7. The standard InChI is InChI=1S/C18H17N3O3/c22-17(13-4-3-9-19-12-13)20-10-7-14(8-11-20)21-15-5-1-2-6-16(15)24-18(21)23/h1-6,9,12,14H,7-8,10-11H2. The van der Waals surface area contributed by atoms with E-state index < -0.39 is 0 Å². The molecule has 0 bridgehead atoms. The lowest BCUT2D eigenvalue weighted by atomic mass is 10.0. The van der Waals surface area contributed by atoms with Crippen LogP contribution in [0.1, 0.15) is 29.2 Å². The van der Waals surface area contributed by atoms with Crippen molar-refractivity contribution in [1.29, 1.82) is 0 Å². The van der Waals surface area contributed by atoms with Crippen LogP contribution in [0, 0.1) is 0 Å². The lowest BCUT2D eigenvalue weighted by molar-refractivity contribution is 0.0693. The molecule has 0 saturated carbocycles. The normalized spacial score (nSPS) is 15.8. The molecule has 2 aromatic heterocycles. The first kappa shape index (κ1) is 14.7. The number of aromatic nitrogens is 2. The topological polar surface area (TPSA) is 68.3 Å². The van der Waals surface area contributed by atoms with E-state index in [0.717, 1.165) is 18.4 Å². The van der Waals surface area contributed by atoms with Crippen molar-refractivity contribution in [3.05, 3.63) is 64.9 Å². The number of amides is 1. The van der Waals surface area contributed by atoms with Gasteiger partial charge >= 0.3 is 5.76 Å². The zero-order valence-electron chi connectivity index (χ0n) is 13.1. The Morgan fingerprint density at radius 3 is 2.67 bits per heavy atom. The van der Waals surface area contributed by atoms with E-state index in [0.29, 0.717) is 24.2 Å². The summed E-state index contributed by atoms with van der Waals surface area (Å²) in [5.74, 6) is -0.334. The maximum Gasteiger partial charge on any atom is 0.420 e. The number of para-hydroxylation sites is 2. The number of fused-ring (bicyclic) bond motifs is 1. The molecule has 3 heterocycles. The van der Waals surface area contributed by atoms with Crippen molar-refractivity contribution in [2.75, 3.05) is 13.1 Å². The van der Waals surface area contributed by atoms with Crippen LogP contribution in [0.5, 0.6) is 0 Å². The molecule has 1 aliphatic heterocycles. The van der Waals surface area contributed by atoms with Crippen LogP contribution < -0.4 is 5.76 Å². The second-order valence-corrected chi connectivity index (χ2v) is 5.97. The third-order valence-electron chi connectivity index (χ3n) is 4.54. The Labute approximate surface area is 138 Å². The van der Waals surface area contributed by atoms with Crippen LogP contribution in [0.2, 0.25) is 0 Å². The van der Waals surface area contributed by atoms with Gasteiger partial charge in [-0.25, -0.2) is 4.79 Å². The van der Waals surface area contributed by atoms with Crippen molar-refractivity contribution in [3.8, 4) is 0 Å². The molecule has 1 fully saturated rings. The van der Waals surface area contributed by atoms with Crippen molar-refractivity contribution in [2.24, 2.45) is 0 Å². The maximum absolute atomic E-state index is 12.5. The summed E-state index contributed by atoms with van der Waals surface area (Å²) in [5, 5.41) is 0. The minimum Gasteiger partial charge on any atom is -0.408 e. The van der Waals surface area contributed by atoms with Crippen LogP contribution in [-0.2, 0) is 0 Å². The first-order valence-electron chi connectivity index (χ1n) is 8.03. The molecule has 0 atom stereocenters. The summed E-state index contributed by atoms with van der Waals surface area (Å²) in [6.07, 6.45) is 4.70. The van der Waals surface area contributed by atoms with Crippen molar-refractivity contribution >= 4 is 17.0 Å². The first-order valence-corrected chi connectivity index (χ1v) is 8.03. The monoisotopic (exact) mass is 323 g/mol.